The normalized spacial score (nSPS) is 11.1. The Labute approximate surface area is 251 Å². The summed E-state index contributed by atoms with van der Waals surface area (Å²) in [6, 6.07) is 10.9. The molecule has 0 saturated carbocycles. The van der Waals surface area contributed by atoms with Gasteiger partial charge < -0.3 is 10.4 Å². The van der Waals surface area contributed by atoms with E-state index in [-0.39, 0.29) is 15.6 Å². The monoisotopic (exact) mass is 800 g/mol. The number of thiazole rings is 1. The standard InChI is InChI=1S/C22H10Br4Cl2N2O3S2/c23-16-14(15(21(32)33)17(24)19(26)18(16)25)20(31)29-9-2-4-12-13(6-9)35-22(30-12)34-7-8-1-3-10(27)11(28)5-8/h1-6H,7H2,(H,29,31)(H,32,33). The summed E-state index contributed by atoms with van der Waals surface area (Å²) >= 11 is 28.4. The minimum absolute atomic E-state index is 0.0123. The van der Waals surface area contributed by atoms with Crippen LogP contribution in [0, 0.1) is 0 Å². The van der Waals surface area contributed by atoms with Crippen molar-refractivity contribution in [1.29, 1.82) is 0 Å². The van der Waals surface area contributed by atoms with Crippen molar-refractivity contribution in [2.45, 2.75) is 10.1 Å². The number of carboxylic acid groups (broad SMARTS) is 1. The highest BCUT2D eigenvalue weighted by molar-refractivity contribution is 9.15. The van der Waals surface area contributed by atoms with Crippen LogP contribution in [-0.4, -0.2) is 22.0 Å². The van der Waals surface area contributed by atoms with E-state index < -0.39 is 11.9 Å². The first kappa shape index (κ1) is 27.4. The van der Waals surface area contributed by atoms with Crippen LogP contribution in [0.2, 0.25) is 10.0 Å². The molecule has 0 atom stereocenters. The Morgan fingerprint density at radius 3 is 2.29 bits per heavy atom. The SMILES string of the molecule is O=C(O)c1c(Br)c(Br)c(Br)c(Br)c1C(=O)Nc1ccc2nc(SCc3ccc(Cl)c(Cl)c3)sc2c1. The second kappa shape index (κ2) is 11.4. The Kier molecular flexibility index (Phi) is 8.91. The van der Waals surface area contributed by atoms with E-state index in [1.807, 2.05) is 24.3 Å². The third kappa shape index (κ3) is 5.93. The van der Waals surface area contributed by atoms with E-state index in [1.54, 1.807) is 23.9 Å². The van der Waals surface area contributed by atoms with Crippen LogP contribution >= 0.6 is 110 Å². The lowest BCUT2D eigenvalue weighted by Gasteiger charge is -2.14. The Balaban J connectivity index is 1.57. The number of hydrogen-bond donors (Lipinski definition) is 2. The van der Waals surface area contributed by atoms with Crippen molar-refractivity contribution in [2.75, 3.05) is 5.32 Å². The van der Waals surface area contributed by atoms with Crippen molar-refractivity contribution >= 4 is 138 Å². The van der Waals surface area contributed by atoms with Gasteiger partial charge in [-0.05, 0) is 99.6 Å². The number of carbonyl (C=O) groups excluding carboxylic acids is 1. The number of carboxylic acids is 1. The zero-order chi connectivity index (χ0) is 25.4. The van der Waals surface area contributed by atoms with Crippen LogP contribution in [0.4, 0.5) is 5.69 Å². The van der Waals surface area contributed by atoms with Gasteiger partial charge in [-0.2, -0.15) is 0 Å². The molecule has 3 aromatic carbocycles. The quantitative estimate of drug-likeness (QED) is 0.115. The number of aromatic nitrogens is 1. The zero-order valence-electron chi connectivity index (χ0n) is 17.0. The van der Waals surface area contributed by atoms with Gasteiger partial charge in [-0.3, -0.25) is 4.79 Å². The maximum absolute atomic E-state index is 13.1. The molecular formula is C22H10Br4Cl2N2O3S2. The van der Waals surface area contributed by atoms with Crippen molar-refractivity contribution in [3.8, 4) is 0 Å². The molecule has 4 aromatic rings. The molecule has 2 N–H and O–H groups in total. The van der Waals surface area contributed by atoms with Crippen molar-refractivity contribution < 1.29 is 14.7 Å². The number of benzene rings is 3. The van der Waals surface area contributed by atoms with Crippen LogP contribution in [0.25, 0.3) is 10.2 Å². The fraction of sp³-hybridized carbons (Fsp3) is 0.0455. The smallest absolute Gasteiger partial charge is 0.337 e. The van der Waals surface area contributed by atoms with E-state index in [9.17, 15) is 14.7 Å². The topological polar surface area (TPSA) is 79.3 Å². The predicted octanol–water partition coefficient (Wildman–Crippen LogP) is 9.90. The molecule has 180 valence electrons. The lowest BCUT2D eigenvalue weighted by atomic mass is 10.1. The Morgan fingerprint density at radius 1 is 0.943 bits per heavy atom. The molecule has 4 rings (SSSR count). The summed E-state index contributed by atoms with van der Waals surface area (Å²) in [6.07, 6.45) is 0. The molecule has 13 heteroatoms. The predicted molar refractivity (Wildman–Crippen MR) is 158 cm³/mol. The fourth-order valence-electron chi connectivity index (χ4n) is 3.06. The molecule has 0 bridgehead atoms. The van der Waals surface area contributed by atoms with Crippen LogP contribution in [0.5, 0.6) is 0 Å². The van der Waals surface area contributed by atoms with Crippen LogP contribution in [-0.2, 0) is 5.75 Å². The Bertz CT molecular complexity index is 1510. The first-order valence-electron chi connectivity index (χ1n) is 9.44. The number of anilines is 1. The van der Waals surface area contributed by atoms with Crippen LogP contribution in [0.1, 0.15) is 26.3 Å². The second-order valence-corrected chi connectivity index (χ2v) is 13.2. The first-order chi connectivity index (χ1) is 16.6. The molecule has 5 nitrogen and oxygen atoms in total. The number of carbonyl (C=O) groups is 2. The van der Waals surface area contributed by atoms with Crippen molar-refractivity contribution in [3.63, 3.8) is 0 Å². The van der Waals surface area contributed by atoms with Gasteiger partial charge >= 0.3 is 5.97 Å². The van der Waals surface area contributed by atoms with Gasteiger partial charge in [-0.1, -0.05) is 41.0 Å². The first-order valence-corrected chi connectivity index (χ1v) is 15.2. The van der Waals surface area contributed by atoms with Crippen LogP contribution < -0.4 is 5.32 Å². The number of nitrogens with zero attached hydrogens (tertiary/aromatic N) is 1. The number of thioether (sulfide) groups is 1. The molecular weight excluding hydrogens is 795 g/mol. The summed E-state index contributed by atoms with van der Waals surface area (Å²) in [5.74, 6) is -1.13. The van der Waals surface area contributed by atoms with Gasteiger partial charge in [-0.15, -0.1) is 11.3 Å². The molecule has 0 unspecified atom stereocenters. The van der Waals surface area contributed by atoms with Crippen molar-refractivity contribution in [3.05, 3.63) is 81.0 Å². The summed E-state index contributed by atoms with van der Waals surface area (Å²) in [6.45, 7) is 0. The summed E-state index contributed by atoms with van der Waals surface area (Å²) in [5.41, 5.74) is 2.17. The molecule has 1 amide bonds. The van der Waals surface area contributed by atoms with Crippen LogP contribution in [0.15, 0.2) is 58.6 Å². The molecule has 0 fully saturated rings. The molecule has 35 heavy (non-hydrogen) atoms. The van der Waals surface area contributed by atoms with Gasteiger partial charge in [-0.25, -0.2) is 9.78 Å². The minimum atomic E-state index is -1.24. The third-order valence-electron chi connectivity index (χ3n) is 4.68. The number of nitrogens with one attached hydrogen (secondary N) is 1. The van der Waals surface area contributed by atoms with Crippen molar-refractivity contribution in [1.82, 2.24) is 4.98 Å². The highest BCUT2D eigenvalue weighted by Gasteiger charge is 2.28. The molecule has 1 aromatic heterocycles. The molecule has 0 radical (unpaired) electrons. The number of hydrogen-bond acceptors (Lipinski definition) is 5. The Morgan fingerprint density at radius 2 is 1.63 bits per heavy atom. The lowest BCUT2D eigenvalue weighted by Crippen LogP contribution is -2.18. The van der Waals surface area contributed by atoms with E-state index in [0.717, 1.165) is 20.1 Å². The second-order valence-electron chi connectivity index (χ2n) is 6.96. The van der Waals surface area contributed by atoms with E-state index in [2.05, 4.69) is 74.0 Å². The highest BCUT2D eigenvalue weighted by atomic mass is 79.9. The van der Waals surface area contributed by atoms with Gasteiger partial charge in [0.25, 0.3) is 5.91 Å². The van der Waals surface area contributed by atoms with E-state index in [1.165, 1.54) is 11.3 Å². The molecule has 0 spiro atoms. The molecule has 0 aliphatic heterocycles. The highest BCUT2D eigenvalue weighted by Crippen LogP contribution is 2.42. The molecule has 0 aliphatic rings. The number of halogens is 6. The van der Waals surface area contributed by atoms with E-state index >= 15 is 0 Å². The van der Waals surface area contributed by atoms with E-state index in [0.29, 0.717) is 34.9 Å². The van der Waals surface area contributed by atoms with Gasteiger partial charge in [0.15, 0.2) is 4.34 Å². The van der Waals surface area contributed by atoms with Gasteiger partial charge in [0.1, 0.15) is 0 Å². The Hall–Kier alpha value is -0.660. The van der Waals surface area contributed by atoms with E-state index in [4.69, 9.17) is 23.2 Å². The fourth-order valence-corrected chi connectivity index (χ4v) is 7.90. The number of aromatic carboxylic acids is 1. The average molecular weight is 805 g/mol. The summed E-state index contributed by atoms with van der Waals surface area (Å²) < 4.78 is 3.33. The average Bonchev–Trinajstić information content (AvgIpc) is 3.22. The maximum atomic E-state index is 13.1. The lowest BCUT2D eigenvalue weighted by molar-refractivity contribution is 0.0691. The molecule has 1 heterocycles. The number of fused-ring (bicyclic) bond motifs is 1. The largest absolute Gasteiger partial charge is 0.478 e. The minimum Gasteiger partial charge on any atom is -0.478 e. The molecule has 0 saturated heterocycles. The summed E-state index contributed by atoms with van der Waals surface area (Å²) in [7, 11) is 0. The number of rotatable bonds is 6. The third-order valence-corrected chi connectivity index (χ3v) is 12.4. The molecule has 0 aliphatic carbocycles. The van der Waals surface area contributed by atoms with Gasteiger partial charge in [0.2, 0.25) is 0 Å². The summed E-state index contributed by atoms with van der Waals surface area (Å²) in [4.78, 5) is 29.7. The maximum Gasteiger partial charge on any atom is 0.337 e. The zero-order valence-corrected chi connectivity index (χ0v) is 26.5. The van der Waals surface area contributed by atoms with Crippen LogP contribution in [0.3, 0.4) is 0 Å². The summed E-state index contributed by atoms with van der Waals surface area (Å²) in [5, 5.41) is 13.5. The number of amides is 1. The van der Waals surface area contributed by atoms with Gasteiger partial charge in [0.05, 0.1) is 31.4 Å². The van der Waals surface area contributed by atoms with Crippen molar-refractivity contribution in [2.24, 2.45) is 0 Å². The van der Waals surface area contributed by atoms with Gasteiger partial charge in [0, 0.05) is 29.3 Å².